The highest BCUT2D eigenvalue weighted by Gasteiger charge is 2.28. The molecule has 0 spiro atoms. The number of likely N-dealkylation sites (tertiary alicyclic amines) is 1. The first-order chi connectivity index (χ1) is 14.5. The Hall–Kier alpha value is -2.38. The van der Waals surface area contributed by atoms with Gasteiger partial charge in [-0.15, -0.1) is 0 Å². The van der Waals surface area contributed by atoms with E-state index in [2.05, 4.69) is 34.8 Å². The van der Waals surface area contributed by atoms with Crippen LogP contribution >= 0.6 is 11.3 Å². The fourth-order valence-corrected chi connectivity index (χ4v) is 4.93. The normalized spacial score (nSPS) is 16.6. The van der Waals surface area contributed by atoms with E-state index in [0.29, 0.717) is 11.8 Å². The zero-order valence-electron chi connectivity index (χ0n) is 17.4. The molecule has 1 aromatic heterocycles. The quantitative estimate of drug-likeness (QED) is 0.556. The first kappa shape index (κ1) is 20.9. The van der Waals surface area contributed by atoms with Crippen LogP contribution in [0.3, 0.4) is 0 Å². The molecule has 0 amide bonds. The molecule has 4 rings (SSSR count). The zero-order valence-corrected chi connectivity index (χ0v) is 18.2. The molecule has 2 heterocycles. The fraction of sp³-hybridized carbons (Fsp3) is 0.435. The summed E-state index contributed by atoms with van der Waals surface area (Å²) in [5, 5.41) is 9.91. The number of fused-ring (bicyclic) bond motifs is 1. The predicted molar refractivity (Wildman–Crippen MR) is 120 cm³/mol. The lowest BCUT2D eigenvalue weighted by Gasteiger charge is -2.41. The Kier molecular flexibility index (Phi) is 6.39. The molecule has 1 fully saturated rings. The van der Waals surface area contributed by atoms with Crippen molar-refractivity contribution in [2.75, 3.05) is 25.0 Å². The van der Waals surface area contributed by atoms with E-state index in [0.717, 1.165) is 54.7 Å². The average molecular weight is 430 g/mol. The van der Waals surface area contributed by atoms with E-state index in [4.69, 9.17) is 4.74 Å². The summed E-state index contributed by atoms with van der Waals surface area (Å²) in [5.41, 5.74) is 1.93. The van der Waals surface area contributed by atoms with Crippen molar-refractivity contribution in [2.24, 2.45) is 0 Å². The summed E-state index contributed by atoms with van der Waals surface area (Å²) < 4.78 is 20.4. The maximum atomic E-state index is 13.2. The van der Waals surface area contributed by atoms with Gasteiger partial charge in [-0.1, -0.05) is 30.7 Å². The van der Waals surface area contributed by atoms with Crippen molar-refractivity contribution in [1.82, 2.24) is 9.88 Å². The van der Waals surface area contributed by atoms with Crippen LogP contribution in [-0.4, -0.2) is 47.4 Å². The van der Waals surface area contributed by atoms with Crippen LogP contribution in [0.4, 0.5) is 10.1 Å². The van der Waals surface area contributed by atoms with Crippen molar-refractivity contribution < 1.29 is 14.2 Å². The number of thiazole rings is 1. The number of para-hydroxylation sites is 1. The van der Waals surface area contributed by atoms with Crippen LogP contribution in [0.25, 0.3) is 10.2 Å². The molecular weight excluding hydrogens is 401 g/mol. The molecule has 1 saturated heterocycles. The summed E-state index contributed by atoms with van der Waals surface area (Å²) in [7, 11) is 2.12. The van der Waals surface area contributed by atoms with Gasteiger partial charge in [0.05, 0.1) is 10.4 Å². The van der Waals surface area contributed by atoms with Crippen molar-refractivity contribution in [2.45, 2.75) is 44.9 Å². The molecule has 1 N–H and O–H groups in total. The summed E-state index contributed by atoms with van der Waals surface area (Å²) in [6.45, 7) is 4.05. The lowest BCUT2D eigenvalue weighted by atomic mass is 10.0. The van der Waals surface area contributed by atoms with E-state index in [1.54, 1.807) is 12.1 Å². The first-order valence-electron chi connectivity index (χ1n) is 10.5. The van der Waals surface area contributed by atoms with Crippen LogP contribution in [0.15, 0.2) is 42.5 Å². The van der Waals surface area contributed by atoms with Crippen molar-refractivity contribution in [3.63, 3.8) is 0 Å². The Balaban J connectivity index is 1.41. The van der Waals surface area contributed by atoms with E-state index in [-0.39, 0.29) is 17.2 Å². The molecule has 0 saturated carbocycles. The van der Waals surface area contributed by atoms with Gasteiger partial charge in [0.25, 0.3) is 5.19 Å². The number of ether oxygens (including phenoxy) is 1. The van der Waals surface area contributed by atoms with Gasteiger partial charge in [0.1, 0.15) is 17.1 Å². The maximum Gasteiger partial charge on any atom is 0.271 e. The van der Waals surface area contributed by atoms with Crippen molar-refractivity contribution in [1.29, 1.82) is 0 Å². The van der Waals surface area contributed by atoms with Gasteiger partial charge in [-0.05, 0) is 55.7 Å². The third kappa shape index (κ3) is 4.52. The second-order valence-corrected chi connectivity index (χ2v) is 8.82. The number of halogens is 1. The fourth-order valence-electron chi connectivity index (χ4n) is 4.20. The summed E-state index contributed by atoms with van der Waals surface area (Å²) in [6.07, 6.45) is 4.02. The molecule has 7 heteroatoms. The van der Waals surface area contributed by atoms with Gasteiger partial charge in [-0.2, -0.15) is 0 Å². The highest BCUT2D eigenvalue weighted by Crippen LogP contribution is 2.35. The first-order valence-corrected chi connectivity index (χ1v) is 11.3. The SMILES string of the molecule is CCCC(Oc1ccc(F)cc1)N1CCC(N(C)c2cccc3sc(O)nc23)CC1. The van der Waals surface area contributed by atoms with E-state index >= 15 is 0 Å². The Morgan fingerprint density at radius 1 is 1.23 bits per heavy atom. The molecule has 0 bridgehead atoms. The molecule has 0 aliphatic carbocycles. The summed E-state index contributed by atoms with van der Waals surface area (Å²) >= 11 is 1.31. The largest absolute Gasteiger partial charge is 0.486 e. The zero-order chi connectivity index (χ0) is 21.1. The Morgan fingerprint density at radius 3 is 2.67 bits per heavy atom. The summed E-state index contributed by atoms with van der Waals surface area (Å²) in [5.74, 6) is 0.464. The van der Waals surface area contributed by atoms with Gasteiger partial charge in [-0.25, -0.2) is 9.37 Å². The number of aromatic hydroxyl groups is 1. The highest BCUT2D eigenvalue weighted by atomic mass is 32.1. The second kappa shape index (κ2) is 9.18. The van der Waals surface area contributed by atoms with Crippen LogP contribution in [-0.2, 0) is 0 Å². The average Bonchev–Trinajstić information content (AvgIpc) is 3.15. The monoisotopic (exact) mass is 429 g/mol. The molecule has 0 radical (unpaired) electrons. The number of nitrogens with zero attached hydrogens (tertiary/aromatic N) is 3. The summed E-state index contributed by atoms with van der Waals surface area (Å²) in [4.78, 5) is 9.02. The lowest BCUT2D eigenvalue weighted by molar-refractivity contribution is 0.00265. The van der Waals surface area contributed by atoms with Gasteiger partial charge in [0.2, 0.25) is 0 Å². The molecule has 1 aliphatic heterocycles. The molecule has 1 unspecified atom stereocenters. The molecule has 1 atom stereocenters. The Morgan fingerprint density at radius 2 is 1.97 bits per heavy atom. The number of aromatic nitrogens is 1. The van der Waals surface area contributed by atoms with Crippen LogP contribution in [0.5, 0.6) is 10.9 Å². The lowest BCUT2D eigenvalue weighted by Crippen LogP contribution is -2.49. The minimum Gasteiger partial charge on any atom is -0.486 e. The van der Waals surface area contributed by atoms with Crippen molar-refractivity contribution in [3.8, 4) is 10.9 Å². The summed E-state index contributed by atoms with van der Waals surface area (Å²) in [6, 6.07) is 12.8. The van der Waals surface area contributed by atoms with Crippen LogP contribution in [0.2, 0.25) is 0 Å². The van der Waals surface area contributed by atoms with Crippen LogP contribution in [0, 0.1) is 5.82 Å². The molecule has 5 nitrogen and oxygen atoms in total. The maximum absolute atomic E-state index is 13.2. The van der Waals surface area contributed by atoms with Crippen LogP contribution in [0.1, 0.15) is 32.6 Å². The third-order valence-corrected chi connectivity index (χ3v) is 6.67. The smallest absolute Gasteiger partial charge is 0.271 e. The molecule has 3 aromatic rings. The molecule has 2 aromatic carbocycles. The number of benzene rings is 2. The second-order valence-electron chi connectivity index (χ2n) is 7.81. The van der Waals surface area contributed by atoms with E-state index < -0.39 is 0 Å². The molecular formula is C23H28FN3O2S. The van der Waals surface area contributed by atoms with Gasteiger partial charge in [-0.3, -0.25) is 4.90 Å². The minimum atomic E-state index is -0.248. The molecule has 1 aliphatic rings. The van der Waals surface area contributed by atoms with E-state index in [1.165, 1.54) is 23.5 Å². The van der Waals surface area contributed by atoms with Gasteiger partial charge >= 0.3 is 0 Å². The van der Waals surface area contributed by atoms with E-state index in [9.17, 15) is 9.50 Å². The standard InChI is InChI=1S/C23H28FN3O2S/c1-3-5-21(29-18-10-8-16(24)9-11-18)27-14-12-17(13-15-27)26(2)19-6-4-7-20-22(19)25-23(28)30-20/h4,6-11,17,21H,3,5,12-15H2,1-2H3,(H,25,28). The number of hydrogen-bond acceptors (Lipinski definition) is 6. The molecule has 30 heavy (non-hydrogen) atoms. The third-order valence-electron chi connectivity index (χ3n) is 5.84. The number of rotatable bonds is 7. The number of hydrogen-bond donors (Lipinski definition) is 1. The van der Waals surface area contributed by atoms with Gasteiger partial charge < -0.3 is 14.7 Å². The Labute approximate surface area is 180 Å². The van der Waals surface area contributed by atoms with Gasteiger partial charge in [0.15, 0.2) is 6.23 Å². The minimum absolute atomic E-state index is 0.00522. The Bertz CT molecular complexity index is 970. The predicted octanol–water partition coefficient (Wildman–Crippen LogP) is 5.25. The number of piperidine rings is 1. The van der Waals surface area contributed by atoms with Crippen molar-refractivity contribution >= 4 is 27.2 Å². The topological polar surface area (TPSA) is 48.8 Å². The van der Waals surface area contributed by atoms with Gasteiger partial charge in [0, 0.05) is 26.2 Å². The van der Waals surface area contributed by atoms with E-state index in [1.807, 2.05) is 12.1 Å². The highest BCUT2D eigenvalue weighted by molar-refractivity contribution is 7.20. The van der Waals surface area contributed by atoms with Crippen molar-refractivity contribution in [3.05, 3.63) is 48.3 Å². The van der Waals surface area contributed by atoms with Crippen LogP contribution < -0.4 is 9.64 Å². The molecule has 160 valence electrons. The number of anilines is 1.